The van der Waals surface area contributed by atoms with E-state index in [1.807, 2.05) is 0 Å². The highest BCUT2D eigenvalue weighted by Gasteiger charge is 2.32. The maximum atomic E-state index is 13.1. The molecule has 2 atom stereocenters. The van der Waals surface area contributed by atoms with E-state index in [1.54, 1.807) is 0 Å². The number of hydrogen-bond donors (Lipinski definition) is 1. The molecule has 0 heterocycles. The van der Waals surface area contributed by atoms with Gasteiger partial charge in [-0.05, 0) is 36.5 Å². The largest absolute Gasteiger partial charge is 0.390 e. The lowest BCUT2D eigenvalue weighted by molar-refractivity contribution is -0.0124. The first kappa shape index (κ1) is 12.5. The zero-order valence-electron chi connectivity index (χ0n) is 10.0. The van der Waals surface area contributed by atoms with Gasteiger partial charge in [-0.3, -0.25) is 0 Å². The van der Waals surface area contributed by atoms with Crippen molar-refractivity contribution in [2.45, 2.75) is 44.6 Å². The molecular weight excluding hydrogens is 222 g/mol. The van der Waals surface area contributed by atoms with E-state index < -0.39 is 17.2 Å². The smallest absolute Gasteiger partial charge is 0.126 e. The van der Waals surface area contributed by atoms with Crippen LogP contribution in [0.4, 0.5) is 8.78 Å². The van der Waals surface area contributed by atoms with Crippen LogP contribution < -0.4 is 0 Å². The highest BCUT2D eigenvalue weighted by molar-refractivity contribution is 5.20. The molecule has 1 aromatic carbocycles. The fraction of sp³-hybridized carbons (Fsp3) is 0.571. The summed E-state index contributed by atoms with van der Waals surface area (Å²) in [4.78, 5) is 0. The summed E-state index contributed by atoms with van der Waals surface area (Å²) in [6.07, 6.45) is 3.88. The first-order chi connectivity index (χ1) is 7.97. The van der Waals surface area contributed by atoms with Gasteiger partial charge in [-0.1, -0.05) is 19.8 Å². The van der Waals surface area contributed by atoms with Gasteiger partial charge in [0.15, 0.2) is 0 Å². The Morgan fingerprint density at radius 3 is 2.53 bits per heavy atom. The molecule has 1 nitrogen and oxygen atoms in total. The van der Waals surface area contributed by atoms with Crippen LogP contribution in [0.1, 0.15) is 38.2 Å². The van der Waals surface area contributed by atoms with Gasteiger partial charge in [-0.2, -0.15) is 0 Å². The zero-order valence-corrected chi connectivity index (χ0v) is 10.0. The Kier molecular flexibility index (Phi) is 3.48. The average Bonchev–Trinajstić information content (AvgIpc) is 2.13. The second-order valence-corrected chi connectivity index (χ2v) is 5.38. The first-order valence-electron chi connectivity index (χ1n) is 6.14. The summed E-state index contributed by atoms with van der Waals surface area (Å²) in [5.74, 6) is -0.674. The molecule has 1 saturated carbocycles. The van der Waals surface area contributed by atoms with E-state index in [-0.39, 0.29) is 0 Å². The number of hydrogen-bond acceptors (Lipinski definition) is 1. The van der Waals surface area contributed by atoms with E-state index in [0.717, 1.165) is 25.3 Å². The third kappa shape index (κ3) is 3.25. The quantitative estimate of drug-likeness (QED) is 0.839. The van der Waals surface area contributed by atoms with E-state index in [4.69, 9.17) is 0 Å². The van der Waals surface area contributed by atoms with E-state index in [9.17, 15) is 13.9 Å². The molecule has 0 spiro atoms. The highest BCUT2D eigenvalue weighted by atomic mass is 19.1. The Morgan fingerprint density at radius 1 is 1.29 bits per heavy atom. The Balaban J connectivity index is 2.13. The van der Waals surface area contributed by atoms with Crippen molar-refractivity contribution in [2.75, 3.05) is 0 Å². The van der Waals surface area contributed by atoms with E-state index >= 15 is 0 Å². The summed E-state index contributed by atoms with van der Waals surface area (Å²) >= 11 is 0. The van der Waals surface area contributed by atoms with Gasteiger partial charge < -0.3 is 5.11 Å². The lowest BCUT2D eigenvalue weighted by Gasteiger charge is -2.35. The monoisotopic (exact) mass is 240 g/mol. The van der Waals surface area contributed by atoms with Gasteiger partial charge in [0.1, 0.15) is 11.6 Å². The molecule has 1 fully saturated rings. The predicted molar refractivity (Wildman–Crippen MR) is 62.6 cm³/mol. The van der Waals surface area contributed by atoms with Crippen molar-refractivity contribution in [3.8, 4) is 0 Å². The third-order valence-corrected chi connectivity index (χ3v) is 3.52. The van der Waals surface area contributed by atoms with Crippen LogP contribution in [0.5, 0.6) is 0 Å². The molecule has 0 aliphatic heterocycles. The number of benzene rings is 1. The molecule has 0 saturated heterocycles. The Bertz CT molecular complexity index is 385. The second-order valence-electron chi connectivity index (χ2n) is 5.38. The van der Waals surface area contributed by atoms with Crippen LogP contribution in [0.25, 0.3) is 0 Å². The molecule has 1 aliphatic rings. The average molecular weight is 240 g/mol. The molecule has 2 unspecified atom stereocenters. The fourth-order valence-electron chi connectivity index (χ4n) is 2.89. The molecule has 0 bridgehead atoms. The molecule has 3 heteroatoms. The van der Waals surface area contributed by atoms with E-state index in [2.05, 4.69) is 6.92 Å². The molecule has 1 aliphatic carbocycles. The summed E-state index contributed by atoms with van der Waals surface area (Å²) < 4.78 is 26.1. The van der Waals surface area contributed by atoms with Gasteiger partial charge in [0, 0.05) is 12.5 Å². The lowest BCUT2D eigenvalue weighted by atomic mass is 9.76. The zero-order chi connectivity index (χ0) is 12.5. The third-order valence-electron chi connectivity index (χ3n) is 3.52. The summed E-state index contributed by atoms with van der Waals surface area (Å²) in [6.45, 7) is 2.11. The molecule has 94 valence electrons. The summed E-state index contributed by atoms with van der Waals surface area (Å²) in [6, 6.07) is 3.47. The Hall–Kier alpha value is -0.960. The van der Waals surface area contributed by atoms with Crippen molar-refractivity contribution in [1.29, 1.82) is 0 Å². The van der Waals surface area contributed by atoms with Crippen LogP contribution in [-0.4, -0.2) is 10.7 Å². The van der Waals surface area contributed by atoms with Crippen LogP contribution in [0.2, 0.25) is 0 Å². The highest BCUT2D eigenvalue weighted by Crippen LogP contribution is 2.34. The van der Waals surface area contributed by atoms with Gasteiger partial charge >= 0.3 is 0 Å². The summed E-state index contributed by atoms with van der Waals surface area (Å²) in [5, 5.41) is 10.4. The molecule has 1 N–H and O–H groups in total. The van der Waals surface area contributed by atoms with Crippen LogP contribution >= 0.6 is 0 Å². The van der Waals surface area contributed by atoms with Crippen molar-refractivity contribution >= 4 is 0 Å². The van der Waals surface area contributed by atoms with E-state index in [1.165, 1.54) is 12.1 Å². The number of halogens is 2. The van der Waals surface area contributed by atoms with Gasteiger partial charge in [0.05, 0.1) is 5.60 Å². The minimum absolute atomic E-state index is 0.339. The predicted octanol–water partition coefficient (Wildman–Crippen LogP) is 3.45. The SMILES string of the molecule is CC1CCCC(O)(Cc2cc(F)cc(F)c2)C1. The number of rotatable bonds is 2. The fourth-order valence-corrected chi connectivity index (χ4v) is 2.89. The second kappa shape index (κ2) is 4.73. The van der Waals surface area contributed by atoms with Crippen molar-refractivity contribution in [2.24, 2.45) is 5.92 Å². The molecule has 0 amide bonds. The van der Waals surface area contributed by atoms with Crippen LogP contribution in [0.3, 0.4) is 0 Å². The van der Waals surface area contributed by atoms with Gasteiger partial charge in [-0.15, -0.1) is 0 Å². The topological polar surface area (TPSA) is 20.2 Å². The molecule has 2 rings (SSSR count). The van der Waals surface area contributed by atoms with Gasteiger partial charge in [-0.25, -0.2) is 8.78 Å². The maximum Gasteiger partial charge on any atom is 0.126 e. The minimum atomic E-state index is -0.794. The normalized spacial score (nSPS) is 29.3. The van der Waals surface area contributed by atoms with Crippen molar-refractivity contribution in [3.05, 3.63) is 35.4 Å². The minimum Gasteiger partial charge on any atom is -0.390 e. The molecule has 1 aromatic rings. The van der Waals surface area contributed by atoms with Gasteiger partial charge in [0.25, 0.3) is 0 Å². The van der Waals surface area contributed by atoms with Crippen molar-refractivity contribution in [1.82, 2.24) is 0 Å². The Labute approximate surface area is 100 Å². The van der Waals surface area contributed by atoms with Crippen molar-refractivity contribution in [3.63, 3.8) is 0 Å². The molecular formula is C14H18F2O. The first-order valence-corrected chi connectivity index (χ1v) is 6.14. The Morgan fingerprint density at radius 2 is 1.94 bits per heavy atom. The summed E-state index contributed by atoms with van der Waals surface area (Å²) in [7, 11) is 0. The number of aliphatic hydroxyl groups is 1. The van der Waals surface area contributed by atoms with Crippen molar-refractivity contribution < 1.29 is 13.9 Å². The lowest BCUT2D eigenvalue weighted by Crippen LogP contribution is -2.36. The van der Waals surface area contributed by atoms with Gasteiger partial charge in [0.2, 0.25) is 0 Å². The standard InChI is InChI=1S/C14H18F2O/c1-10-3-2-4-14(17,8-10)9-11-5-12(15)7-13(16)6-11/h5-7,10,17H,2-4,8-9H2,1H3. The molecule has 0 radical (unpaired) electrons. The molecule has 0 aromatic heterocycles. The van der Waals surface area contributed by atoms with Crippen LogP contribution in [0.15, 0.2) is 18.2 Å². The van der Waals surface area contributed by atoms with Crippen LogP contribution in [0, 0.1) is 17.6 Å². The van der Waals surface area contributed by atoms with Crippen LogP contribution in [-0.2, 0) is 6.42 Å². The summed E-state index contributed by atoms with van der Waals surface area (Å²) in [5.41, 5.74) is -0.253. The van der Waals surface area contributed by atoms with E-state index in [0.29, 0.717) is 24.3 Å². The maximum absolute atomic E-state index is 13.1. The molecule has 17 heavy (non-hydrogen) atoms.